The number of nitrogens with one attached hydrogen (secondary N) is 1. The third kappa shape index (κ3) is 6.31. The molecule has 2 fully saturated rings. The Morgan fingerprint density at radius 3 is 2.06 bits per heavy atom. The van der Waals surface area contributed by atoms with Gasteiger partial charge in [0, 0.05) is 75.6 Å². The molecular weight excluding hydrogens is 454 g/mol. The number of piperazine rings is 2. The van der Waals surface area contributed by atoms with Crippen LogP contribution in [0.1, 0.15) is 52.6 Å². The Hall–Kier alpha value is -2.78. The van der Waals surface area contributed by atoms with Crippen LogP contribution in [0, 0.1) is 0 Å². The predicted molar refractivity (Wildman–Crippen MR) is 140 cm³/mol. The van der Waals surface area contributed by atoms with Crippen molar-refractivity contribution in [3.05, 3.63) is 70.8 Å². The molecule has 2 aliphatic heterocycles. The maximum absolute atomic E-state index is 13.6. The fourth-order valence-corrected chi connectivity index (χ4v) is 5.52. The molecule has 2 aliphatic rings. The van der Waals surface area contributed by atoms with Crippen molar-refractivity contribution in [2.75, 3.05) is 45.8 Å². The zero-order valence-electron chi connectivity index (χ0n) is 21.7. The summed E-state index contributed by atoms with van der Waals surface area (Å²) in [7, 11) is 0. The molecule has 2 saturated heterocycles. The highest BCUT2D eigenvalue weighted by Gasteiger charge is 2.33. The van der Waals surface area contributed by atoms with Crippen LogP contribution in [0.2, 0.25) is 0 Å². The van der Waals surface area contributed by atoms with Crippen LogP contribution in [0.5, 0.6) is 0 Å². The van der Waals surface area contributed by atoms with Crippen molar-refractivity contribution in [1.29, 1.82) is 0 Å². The SMILES string of the molecule is CCN1CCN(Cc2cccc(C(=O)N3[C@H](C)CN(Cc4ccc(C(=O)NO)cc4)C[C@@H]3C)c2)CC1. The molecule has 2 aromatic rings. The van der Waals surface area contributed by atoms with Crippen LogP contribution >= 0.6 is 0 Å². The highest BCUT2D eigenvalue weighted by Crippen LogP contribution is 2.22. The molecule has 0 aliphatic carbocycles. The Labute approximate surface area is 214 Å². The van der Waals surface area contributed by atoms with E-state index in [9.17, 15) is 9.59 Å². The molecule has 8 heteroatoms. The lowest BCUT2D eigenvalue weighted by molar-refractivity contribution is 0.0268. The fraction of sp³-hybridized carbons (Fsp3) is 0.500. The number of carbonyl (C=O) groups is 2. The van der Waals surface area contributed by atoms with Crippen molar-refractivity contribution in [2.24, 2.45) is 0 Å². The summed E-state index contributed by atoms with van der Waals surface area (Å²) < 4.78 is 0. The zero-order valence-corrected chi connectivity index (χ0v) is 21.7. The van der Waals surface area contributed by atoms with Crippen LogP contribution in [0.25, 0.3) is 0 Å². The number of rotatable bonds is 7. The van der Waals surface area contributed by atoms with Crippen LogP contribution in [0.3, 0.4) is 0 Å². The molecule has 2 N–H and O–H groups in total. The molecule has 8 nitrogen and oxygen atoms in total. The molecule has 36 heavy (non-hydrogen) atoms. The van der Waals surface area contributed by atoms with Crippen LogP contribution < -0.4 is 5.48 Å². The summed E-state index contributed by atoms with van der Waals surface area (Å²) in [5, 5.41) is 8.79. The normalized spacial score (nSPS) is 21.9. The van der Waals surface area contributed by atoms with Gasteiger partial charge in [0.05, 0.1) is 0 Å². The van der Waals surface area contributed by atoms with Gasteiger partial charge in [-0.15, -0.1) is 0 Å². The second-order valence-electron chi connectivity index (χ2n) is 10.2. The van der Waals surface area contributed by atoms with Crippen molar-refractivity contribution in [3.63, 3.8) is 0 Å². The first-order valence-corrected chi connectivity index (χ1v) is 13.0. The van der Waals surface area contributed by atoms with E-state index >= 15 is 0 Å². The van der Waals surface area contributed by atoms with Gasteiger partial charge in [-0.2, -0.15) is 0 Å². The van der Waals surface area contributed by atoms with Crippen molar-refractivity contribution < 1.29 is 14.8 Å². The number of likely N-dealkylation sites (N-methyl/N-ethyl adjacent to an activating group) is 1. The summed E-state index contributed by atoms with van der Waals surface area (Å²) in [6.07, 6.45) is 0. The molecule has 4 rings (SSSR count). The molecule has 0 bridgehead atoms. The van der Waals surface area contributed by atoms with E-state index in [1.165, 1.54) is 5.56 Å². The van der Waals surface area contributed by atoms with Gasteiger partial charge in [-0.3, -0.25) is 24.6 Å². The molecule has 194 valence electrons. The smallest absolute Gasteiger partial charge is 0.274 e. The van der Waals surface area contributed by atoms with Gasteiger partial charge in [-0.05, 0) is 55.8 Å². The van der Waals surface area contributed by atoms with E-state index < -0.39 is 5.91 Å². The van der Waals surface area contributed by atoms with Crippen molar-refractivity contribution in [3.8, 4) is 0 Å². The van der Waals surface area contributed by atoms with E-state index in [1.807, 2.05) is 29.2 Å². The first kappa shape index (κ1) is 26.3. The monoisotopic (exact) mass is 493 g/mol. The molecule has 2 aromatic carbocycles. The van der Waals surface area contributed by atoms with Crippen LogP contribution in [0.15, 0.2) is 48.5 Å². The summed E-state index contributed by atoms with van der Waals surface area (Å²) >= 11 is 0. The Bertz CT molecular complexity index is 1020. The average molecular weight is 494 g/mol. The standard InChI is InChI=1S/C28H39N5O3/c1-4-30-12-14-31(15-13-30)20-24-6-5-7-26(16-24)28(35)33-21(2)17-32(18-22(33)3)19-23-8-10-25(11-9-23)27(34)29-36/h5-11,16,21-22,36H,4,12-15,17-20H2,1-3H3,(H,29,34)/t21-,22+. The highest BCUT2D eigenvalue weighted by molar-refractivity contribution is 5.95. The number of hydroxylamine groups is 1. The molecule has 0 spiro atoms. The number of carbonyl (C=O) groups excluding carboxylic acids is 2. The number of amides is 2. The number of hydrogen-bond acceptors (Lipinski definition) is 6. The molecule has 0 radical (unpaired) electrons. The molecule has 2 atom stereocenters. The molecule has 2 amide bonds. The van der Waals surface area contributed by atoms with Crippen LogP contribution in [0.4, 0.5) is 0 Å². The van der Waals surface area contributed by atoms with Crippen LogP contribution in [-0.2, 0) is 13.1 Å². The first-order valence-electron chi connectivity index (χ1n) is 13.0. The summed E-state index contributed by atoms with van der Waals surface area (Å²) in [6, 6.07) is 15.6. The van der Waals surface area contributed by atoms with E-state index in [1.54, 1.807) is 17.6 Å². The number of benzene rings is 2. The summed E-state index contributed by atoms with van der Waals surface area (Å²) in [4.78, 5) is 34.5. The molecule has 0 unspecified atom stereocenters. The Morgan fingerprint density at radius 2 is 1.44 bits per heavy atom. The zero-order chi connectivity index (χ0) is 25.7. The number of hydrogen-bond donors (Lipinski definition) is 2. The lowest BCUT2D eigenvalue weighted by atomic mass is 10.0. The Morgan fingerprint density at radius 1 is 0.833 bits per heavy atom. The molecular formula is C28H39N5O3. The van der Waals surface area contributed by atoms with E-state index in [0.29, 0.717) is 5.56 Å². The average Bonchev–Trinajstić information content (AvgIpc) is 2.89. The third-order valence-corrected chi connectivity index (χ3v) is 7.45. The van der Waals surface area contributed by atoms with Crippen molar-refractivity contribution in [2.45, 2.75) is 45.9 Å². The molecule has 0 aromatic heterocycles. The minimum atomic E-state index is -0.515. The second kappa shape index (κ2) is 12.0. The molecule has 0 saturated carbocycles. The summed E-state index contributed by atoms with van der Waals surface area (Å²) in [6.45, 7) is 15.1. The van der Waals surface area contributed by atoms with Gasteiger partial charge in [0.25, 0.3) is 11.8 Å². The quantitative estimate of drug-likeness (QED) is 0.456. The van der Waals surface area contributed by atoms with Gasteiger partial charge >= 0.3 is 0 Å². The minimum absolute atomic E-state index is 0.0893. The second-order valence-corrected chi connectivity index (χ2v) is 10.2. The lowest BCUT2D eigenvalue weighted by Gasteiger charge is -2.44. The van der Waals surface area contributed by atoms with Gasteiger partial charge in [0.2, 0.25) is 0 Å². The van der Waals surface area contributed by atoms with Gasteiger partial charge in [0.15, 0.2) is 0 Å². The minimum Gasteiger partial charge on any atom is -0.331 e. The van der Waals surface area contributed by atoms with Gasteiger partial charge in [-0.25, -0.2) is 5.48 Å². The van der Waals surface area contributed by atoms with Crippen molar-refractivity contribution in [1.82, 2.24) is 25.1 Å². The molecule has 2 heterocycles. The Kier molecular flexibility index (Phi) is 8.74. The van der Waals surface area contributed by atoms with E-state index in [4.69, 9.17) is 5.21 Å². The van der Waals surface area contributed by atoms with Crippen molar-refractivity contribution >= 4 is 11.8 Å². The topological polar surface area (TPSA) is 79.4 Å². The Balaban J connectivity index is 1.35. The largest absolute Gasteiger partial charge is 0.331 e. The summed E-state index contributed by atoms with van der Waals surface area (Å²) in [5.74, 6) is -0.411. The van der Waals surface area contributed by atoms with Gasteiger partial charge in [0.1, 0.15) is 0 Å². The maximum atomic E-state index is 13.6. The van der Waals surface area contributed by atoms with Crippen LogP contribution in [-0.4, -0.2) is 94.5 Å². The maximum Gasteiger partial charge on any atom is 0.274 e. The van der Waals surface area contributed by atoms with E-state index in [2.05, 4.69) is 47.6 Å². The van der Waals surface area contributed by atoms with Gasteiger partial charge in [-0.1, -0.05) is 31.2 Å². The van der Waals surface area contributed by atoms with E-state index in [-0.39, 0.29) is 18.0 Å². The third-order valence-electron chi connectivity index (χ3n) is 7.45. The first-order chi connectivity index (χ1) is 17.4. The highest BCUT2D eigenvalue weighted by atomic mass is 16.5. The summed E-state index contributed by atoms with van der Waals surface area (Å²) in [5.41, 5.74) is 5.14. The van der Waals surface area contributed by atoms with Gasteiger partial charge < -0.3 is 9.80 Å². The predicted octanol–water partition coefficient (Wildman–Crippen LogP) is 2.68. The van der Waals surface area contributed by atoms with E-state index in [0.717, 1.165) is 70.0 Å². The fourth-order valence-electron chi connectivity index (χ4n) is 5.52. The number of nitrogens with zero attached hydrogens (tertiary/aromatic N) is 4. The lowest BCUT2D eigenvalue weighted by Crippen LogP contribution is -2.58.